The first-order chi connectivity index (χ1) is 8.92. The Morgan fingerprint density at radius 3 is 2.68 bits per heavy atom. The maximum Gasteiger partial charge on any atom is 0.335 e. The van der Waals surface area contributed by atoms with Gasteiger partial charge in [0.05, 0.1) is 5.56 Å². The summed E-state index contributed by atoms with van der Waals surface area (Å²) in [4.78, 5) is 22.6. The van der Waals surface area contributed by atoms with E-state index in [0.29, 0.717) is 10.2 Å². The summed E-state index contributed by atoms with van der Waals surface area (Å²) in [6.45, 7) is 1.90. The average molecular weight is 347 g/mol. The largest absolute Gasteiger partial charge is 0.478 e. The van der Waals surface area contributed by atoms with E-state index in [1.807, 2.05) is 13.2 Å². The third-order valence-electron chi connectivity index (χ3n) is 2.20. The molecule has 0 bridgehead atoms. The zero-order chi connectivity index (χ0) is 14.4. The van der Waals surface area contributed by atoms with E-state index < -0.39 is 5.97 Å². The van der Waals surface area contributed by atoms with Crippen molar-refractivity contribution in [3.63, 3.8) is 0 Å². The summed E-state index contributed by atoms with van der Waals surface area (Å²) in [6.07, 6.45) is 1.96. The molecule has 0 aromatic heterocycles. The average Bonchev–Trinajstić information content (AvgIpc) is 2.27. The zero-order valence-corrected chi connectivity index (χ0v) is 13.0. The summed E-state index contributed by atoms with van der Waals surface area (Å²) < 4.78 is 0.597. The van der Waals surface area contributed by atoms with Crippen molar-refractivity contribution in [2.45, 2.75) is 13.0 Å². The lowest BCUT2D eigenvalue weighted by Gasteiger charge is -2.13. The number of halogens is 1. The van der Waals surface area contributed by atoms with Crippen LogP contribution in [0.3, 0.4) is 0 Å². The van der Waals surface area contributed by atoms with E-state index in [1.165, 1.54) is 12.1 Å². The Morgan fingerprint density at radius 2 is 2.11 bits per heavy atom. The number of carbonyl (C=O) groups is 2. The minimum atomic E-state index is -1.04. The number of benzene rings is 1. The van der Waals surface area contributed by atoms with Gasteiger partial charge in [0.2, 0.25) is 0 Å². The molecule has 0 heterocycles. The van der Waals surface area contributed by atoms with Crippen LogP contribution in [0.2, 0.25) is 0 Å². The fourth-order valence-corrected chi connectivity index (χ4v) is 2.54. The predicted octanol–water partition coefficient (Wildman–Crippen LogP) is 3.02. The highest BCUT2D eigenvalue weighted by molar-refractivity contribution is 9.10. The molecule has 1 unspecified atom stereocenters. The molecule has 2 amide bonds. The van der Waals surface area contributed by atoms with E-state index >= 15 is 0 Å². The molecule has 0 aliphatic rings. The number of rotatable bonds is 5. The monoisotopic (exact) mass is 346 g/mol. The lowest BCUT2D eigenvalue weighted by Crippen LogP contribution is -2.37. The van der Waals surface area contributed by atoms with Gasteiger partial charge >= 0.3 is 12.0 Å². The Balaban J connectivity index is 2.71. The van der Waals surface area contributed by atoms with Gasteiger partial charge in [0.25, 0.3) is 0 Å². The highest BCUT2D eigenvalue weighted by atomic mass is 79.9. The van der Waals surface area contributed by atoms with Gasteiger partial charge in [0, 0.05) is 22.0 Å². The van der Waals surface area contributed by atoms with E-state index in [0.717, 1.165) is 5.75 Å². The Morgan fingerprint density at radius 1 is 1.42 bits per heavy atom. The molecule has 0 aliphatic carbocycles. The molecule has 0 fully saturated rings. The number of hydrogen-bond donors (Lipinski definition) is 3. The maximum absolute atomic E-state index is 11.7. The van der Waals surface area contributed by atoms with Gasteiger partial charge < -0.3 is 15.7 Å². The Kier molecular flexibility index (Phi) is 6.17. The van der Waals surface area contributed by atoms with Crippen LogP contribution < -0.4 is 10.6 Å². The molecule has 0 aliphatic heterocycles. The highest BCUT2D eigenvalue weighted by Crippen LogP contribution is 2.19. The molecule has 3 N–H and O–H groups in total. The van der Waals surface area contributed by atoms with E-state index in [1.54, 1.807) is 17.8 Å². The number of aromatic carboxylic acids is 1. The number of thioether (sulfide) groups is 1. The summed E-state index contributed by atoms with van der Waals surface area (Å²) >= 11 is 4.85. The minimum Gasteiger partial charge on any atom is -0.478 e. The van der Waals surface area contributed by atoms with Crippen molar-refractivity contribution in [3.05, 3.63) is 28.2 Å². The van der Waals surface area contributed by atoms with Crippen molar-refractivity contribution in [3.8, 4) is 0 Å². The molecule has 1 aromatic carbocycles. The first-order valence-electron chi connectivity index (χ1n) is 5.52. The van der Waals surface area contributed by atoms with Crippen LogP contribution in [-0.4, -0.2) is 35.2 Å². The third-order valence-corrected chi connectivity index (χ3v) is 3.49. The molecule has 19 heavy (non-hydrogen) atoms. The van der Waals surface area contributed by atoms with Gasteiger partial charge in [0.1, 0.15) is 0 Å². The van der Waals surface area contributed by atoms with Crippen molar-refractivity contribution < 1.29 is 14.7 Å². The SMILES string of the molecule is CSCC(C)NC(=O)Nc1cc(Br)cc(C(=O)O)c1. The number of urea groups is 1. The fourth-order valence-electron chi connectivity index (χ4n) is 1.47. The van der Waals surface area contributed by atoms with Crippen LogP contribution in [0.5, 0.6) is 0 Å². The van der Waals surface area contributed by atoms with Crippen LogP contribution in [0.15, 0.2) is 22.7 Å². The number of nitrogens with one attached hydrogen (secondary N) is 2. The molecule has 0 saturated heterocycles. The molecular formula is C12H15BrN2O3S. The molecule has 0 radical (unpaired) electrons. The van der Waals surface area contributed by atoms with E-state index in [2.05, 4.69) is 26.6 Å². The predicted molar refractivity (Wildman–Crippen MR) is 81.1 cm³/mol. The summed E-state index contributed by atoms with van der Waals surface area (Å²) in [5.74, 6) is -0.229. The molecular weight excluding hydrogens is 332 g/mol. The van der Waals surface area contributed by atoms with Gasteiger partial charge in [-0.15, -0.1) is 0 Å². The molecule has 1 rings (SSSR count). The number of carboxylic acid groups (broad SMARTS) is 1. The molecule has 1 aromatic rings. The molecule has 5 nitrogen and oxygen atoms in total. The zero-order valence-electron chi connectivity index (χ0n) is 10.6. The van der Waals surface area contributed by atoms with E-state index in [-0.39, 0.29) is 17.6 Å². The summed E-state index contributed by atoms with van der Waals surface area (Å²) in [7, 11) is 0. The van der Waals surface area contributed by atoms with Crippen molar-refractivity contribution in [2.24, 2.45) is 0 Å². The Bertz CT molecular complexity index is 482. The van der Waals surface area contributed by atoms with Crippen molar-refractivity contribution in [1.82, 2.24) is 5.32 Å². The first kappa shape index (κ1) is 15.8. The number of amides is 2. The Hall–Kier alpha value is -1.21. The molecule has 104 valence electrons. The van der Waals surface area contributed by atoms with E-state index in [4.69, 9.17) is 5.11 Å². The van der Waals surface area contributed by atoms with Crippen LogP contribution in [0.4, 0.5) is 10.5 Å². The van der Waals surface area contributed by atoms with Crippen molar-refractivity contribution in [1.29, 1.82) is 0 Å². The highest BCUT2D eigenvalue weighted by Gasteiger charge is 2.10. The van der Waals surface area contributed by atoms with Gasteiger partial charge in [-0.25, -0.2) is 9.59 Å². The fraction of sp³-hybridized carbons (Fsp3) is 0.333. The maximum atomic E-state index is 11.7. The number of carbonyl (C=O) groups excluding carboxylic acids is 1. The van der Waals surface area contributed by atoms with E-state index in [9.17, 15) is 9.59 Å². The minimum absolute atomic E-state index is 0.0427. The molecule has 0 saturated carbocycles. The van der Waals surface area contributed by atoms with Crippen LogP contribution in [0, 0.1) is 0 Å². The van der Waals surface area contributed by atoms with Gasteiger partial charge in [-0.2, -0.15) is 11.8 Å². The van der Waals surface area contributed by atoms with Gasteiger partial charge in [-0.3, -0.25) is 0 Å². The van der Waals surface area contributed by atoms with Gasteiger partial charge in [0.15, 0.2) is 0 Å². The quantitative estimate of drug-likeness (QED) is 0.765. The molecule has 0 spiro atoms. The van der Waals surface area contributed by atoms with Crippen LogP contribution in [-0.2, 0) is 0 Å². The third kappa shape index (κ3) is 5.52. The van der Waals surface area contributed by atoms with Crippen LogP contribution in [0.1, 0.15) is 17.3 Å². The van der Waals surface area contributed by atoms with Crippen LogP contribution >= 0.6 is 27.7 Å². The second-order valence-electron chi connectivity index (χ2n) is 3.99. The second-order valence-corrected chi connectivity index (χ2v) is 5.81. The number of hydrogen-bond acceptors (Lipinski definition) is 3. The standard InChI is InChI=1S/C12H15BrN2O3S/c1-7(6-19-2)14-12(18)15-10-4-8(11(16)17)3-9(13)5-10/h3-5,7H,6H2,1-2H3,(H,16,17)(H2,14,15,18). The second kappa shape index (κ2) is 7.40. The summed E-state index contributed by atoms with van der Waals surface area (Å²) in [5.41, 5.74) is 0.544. The smallest absolute Gasteiger partial charge is 0.335 e. The number of anilines is 1. The molecule has 7 heteroatoms. The normalized spacial score (nSPS) is 11.7. The van der Waals surface area contributed by atoms with Gasteiger partial charge in [-0.1, -0.05) is 15.9 Å². The first-order valence-corrected chi connectivity index (χ1v) is 7.71. The summed E-state index contributed by atoms with van der Waals surface area (Å²) in [5, 5.41) is 14.3. The lowest BCUT2D eigenvalue weighted by molar-refractivity contribution is 0.0697. The lowest BCUT2D eigenvalue weighted by atomic mass is 10.2. The Labute approximate surface area is 124 Å². The van der Waals surface area contributed by atoms with Crippen molar-refractivity contribution >= 4 is 45.4 Å². The molecule has 1 atom stereocenters. The van der Waals surface area contributed by atoms with Gasteiger partial charge in [-0.05, 0) is 31.4 Å². The van der Waals surface area contributed by atoms with Crippen LogP contribution in [0.25, 0.3) is 0 Å². The summed E-state index contributed by atoms with van der Waals surface area (Å²) in [6, 6.07) is 4.22. The topological polar surface area (TPSA) is 78.4 Å². The van der Waals surface area contributed by atoms with Crippen molar-refractivity contribution in [2.75, 3.05) is 17.3 Å². The number of carboxylic acids is 1.